The minimum absolute atomic E-state index is 0.164. The van der Waals surface area contributed by atoms with Crippen LogP contribution in [0.5, 0.6) is 5.75 Å². The van der Waals surface area contributed by atoms with Gasteiger partial charge in [0.1, 0.15) is 5.75 Å². The van der Waals surface area contributed by atoms with Gasteiger partial charge in [-0.15, -0.1) is 0 Å². The topological polar surface area (TPSA) is 116 Å². The van der Waals surface area contributed by atoms with Crippen molar-refractivity contribution in [1.82, 2.24) is 15.4 Å². The van der Waals surface area contributed by atoms with Crippen molar-refractivity contribution in [2.45, 2.75) is 6.42 Å². The summed E-state index contributed by atoms with van der Waals surface area (Å²) in [5.41, 5.74) is 2.00. The second-order valence-corrected chi connectivity index (χ2v) is 4.32. The number of hydrazone groups is 1. The predicted molar refractivity (Wildman–Crippen MR) is 80.1 cm³/mol. The molecule has 0 aliphatic carbocycles. The van der Waals surface area contributed by atoms with Gasteiger partial charge in [0.2, 0.25) is 5.91 Å². The van der Waals surface area contributed by atoms with Crippen LogP contribution in [0.4, 0.5) is 0 Å². The largest absolute Gasteiger partial charge is 0.496 e. The van der Waals surface area contributed by atoms with Crippen LogP contribution < -0.4 is 21.4 Å². The Kier molecular flexibility index (Phi) is 4.86. The summed E-state index contributed by atoms with van der Waals surface area (Å²) in [4.78, 5) is 38.3. The Morgan fingerprint density at radius 2 is 2.09 bits per heavy atom. The zero-order valence-electron chi connectivity index (χ0n) is 11.8. The number of nitrogens with one attached hydrogen (secondary N) is 3. The lowest BCUT2D eigenvalue weighted by atomic mass is 10.2. The number of aromatic nitrogens is 2. The smallest absolute Gasteiger partial charge is 0.325 e. The van der Waals surface area contributed by atoms with Crippen LogP contribution >= 0.6 is 0 Å². The molecule has 0 saturated carbocycles. The Balaban J connectivity index is 1.99. The number of para-hydroxylation sites is 1. The summed E-state index contributed by atoms with van der Waals surface area (Å²) in [5.74, 6) is 0.159. The molecule has 8 nitrogen and oxygen atoms in total. The third-order valence-electron chi connectivity index (χ3n) is 2.70. The minimum atomic E-state index is -0.659. The summed E-state index contributed by atoms with van der Waals surface area (Å²) >= 11 is 0. The second kappa shape index (κ2) is 7.02. The van der Waals surface area contributed by atoms with Crippen LogP contribution in [0.3, 0.4) is 0 Å². The van der Waals surface area contributed by atoms with Gasteiger partial charge in [-0.1, -0.05) is 12.1 Å². The molecule has 0 radical (unpaired) electrons. The fourth-order valence-electron chi connectivity index (χ4n) is 1.77. The van der Waals surface area contributed by atoms with E-state index in [-0.39, 0.29) is 12.1 Å². The number of carbonyl (C=O) groups is 1. The lowest BCUT2D eigenvalue weighted by Crippen LogP contribution is -2.26. The number of hydrogen-bond donors (Lipinski definition) is 3. The highest BCUT2D eigenvalue weighted by molar-refractivity contribution is 5.85. The van der Waals surface area contributed by atoms with E-state index in [9.17, 15) is 14.4 Å². The molecule has 22 heavy (non-hydrogen) atoms. The Labute approximate surface area is 124 Å². The van der Waals surface area contributed by atoms with E-state index in [0.717, 1.165) is 6.07 Å². The quantitative estimate of drug-likeness (QED) is 0.522. The predicted octanol–water partition coefficient (Wildman–Crippen LogP) is -0.235. The average molecular weight is 302 g/mol. The molecule has 1 heterocycles. The molecule has 1 aromatic carbocycles. The molecule has 8 heteroatoms. The SMILES string of the molecule is COc1ccccc1C=NNC(=O)Cc1cc(=O)[nH]c(=O)[nH]1. The van der Waals surface area contributed by atoms with Crippen LogP contribution in [0, 0.1) is 0 Å². The molecule has 0 unspecified atom stereocenters. The number of ether oxygens (including phenoxy) is 1. The van der Waals surface area contributed by atoms with Crippen LogP contribution in [-0.2, 0) is 11.2 Å². The molecular weight excluding hydrogens is 288 g/mol. The van der Waals surface area contributed by atoms with Crippen molar-refractivity contribution < 1.29 is 9.53 Å². The van der Waals surface area contributed by atoms with Crippen LogP contribution in [0.1, 0.15) is 11.3 Å². The third-order valence-corrected chi connectivity index (χ3v) is 2.70. The zero-order valence-corrected chi connectivity index (χ0v) is 11.8. The van der Waals surface area contributed by atoms with Gasteiger partial charge in [0.05, 0.1) is 19.7 Å². The number of amides is 1. The van der Waals surface area contributed by atoms with Gasteiger partial charge in [0.25, 0.3) is 5.56 Å². The number of methoxy groups -OCH3 is 1. The first-order valence-corrected chi connectivity index (χ1v) is 6.36. The molecule has 0 bridgehead atoms. The molecule has 114 valence electrons. The molecule has 0 fully saturated rings. The highest BCUT2D eigenvalue weighted by Crippen LogP contribution is 2.14. The Morgan fingerprint density at radius 3 is 2.82 bits per heavy atom. The lowest BCUT2D eigenvalue weighted by Gasteiger charge is -2.03. The van der Waals surface area contributed by atoms with Crippen molar-refractivity contribution in [3.05, 3.63) is 62.4 Å². The number of rotatable bonds is 5. The molecule has 2 rings (SSSR count). The molecular formula is C14H14N4O4. The number of carbonyl (C=O) groups excluding carboxylic acids is 1. The van der Waals surface area contributed by atoms with Gasteiger partial charge in [-0.2, -0.15) is 5.10 Å². The summed E-state index contributed by atoms with van der Waals surface area (Å²) < 4.78 is 5.14. The molecule has 1 aromatic heterocycles. The highest BCUT2D eigenvalue weighted by Gasteiger charge is 2.04. The summed E-state index contributed by atoms with van der Waals surface area (Å²) in [6, 6.07) is 8.32. The van der Waals surface area contributed by atoms with Crippen molar-refractivity contribution in [1.29, 1.82) is 0 Å². The summed E-state index contributed by atoms with van der Waals surface area (Å²) in [7, 11) is 1.54. The van der Waals surface area contributed by atoms with Crippen LogP contribution in [0.25, 0.3) is 0 Å². The number of aromatic amines is 2. The molecule has 3 N–H and O–H groups in total. The maximum absolute atomic E-state index is 11.7. The molecule has 0 spiro atoms. The monoisotopic (exact) mass is 302 g/mol. The van der Waals surface area contributed by atoms with Gasteiger partial charge in [-0.05, 0) is 12.1 Å². The molecule has 1 amide bonds. The van der Waals surface area contributed by atoms with E-state index in [0.29, 0.717) is 11.3 Å². The van der Waals surface area contributed by atoms with Gasteiger partial charge >= 0.3 is 5.69 Å². The number of benzene rings is 1. The number of H-pyrrole nitrogens is 2. The standard InChI is InChI=1S/C14H14N4O4/c1-22-11-5-3-2-4-9(11)8-15-18-13(20)7-10-6-12(19)17-14(21)16-10/h2-6,8H,7H2,1H3,(H,18,20)(H2,16,17,19,21). The third kappa shape index (κ3) is 4.17. The zero-order chi connectivity index (χ0) is 15.9. The van der Waals surface area contributed by atoms with Gasteiger partial charge < -0.3 is 9.72 Å². The van der Waals surface area contributed by atoms with E-state index < -0.39 is 17.2 Å². The molecule has 0 saturated heterocycles. The Bertz CT molecular complexity index is 778. The Morgan fingerprint density at radius 1 is 1.32 bits per heavy atom. The average Bonchev–Trinajstić information content (AvgIpc) is 2.46. The second-order valence-electron chi connectivity index (χ2n) is 4.32. The highest BCUT2D eigenvalue weighted by atomic mass is 16.5. The van der Waals surface area contributed by atoms with E-state index in [4.69, 9.17) is 4.74 Å². The van der Waals surface area contributed by atoms with Gasteiger partial charge in [0.15, 0.2) is 0 Å². The van der Waals surface area contributed by atoms with Crippen LogP contribution in [-0.4, -0.2) is 29.2 Å². The number of nitrogens with zero attached hydrogens (tertiary/aromatic N) is 1. The minimum Gasteiger partial charge on any atom is -0.496 e. The van der Waals surface area contributed by atoms with E-state index in [1.165, 1.54) is 13.3 Å². The van der Waals surface area contributed by atoms with E-state index >= 15 is 0 Å². The van der Waals surface area contributed by atoms with Crippen LogP contribution in [0.2, 0.25) is 0 Å². The van der Waals surface area contributed by atoms with Crippen molar-refractivity contribution in [2.75, 3.05) is 7.11 Å². The fraction of sp³-hybridized carbons (Fsp3) is 0.143. The van der Waals surface area contributed by atoms with Crippen molar-refractivity contribution in [2.24, 2.45) is 5.10 Å². The van der Waals surface area contributed by atoms with Crippen molar-refractivity contribution in [3.63, 3.8) is 0 Å². The maximum atomic E-state index is 11.7. The fourth-order valence-corrected chi connectivity index (χ4v) is 1.77. The van der Waals surface area contributed by atoms with E-state index in [1.54, 1.807) is 12.1 Å². The van der Waals surface area contributed by atoms with Gasteiger partial charge in [-0.25, -0.2) is 10.2 Å². The van der Waals surface area contributed by atoms with Crippen molar-refractivity contribution >= 4 is 12.1 Å². The molecule has 0 atom stereocenters. The summed E-state index contributed by atoms with van der Waals surface area (Å²) in [6.45, 7) is 0. The maximum Gasteiger partial charge on any atom is 0.325 e. The first-order chi connectivity index (χ1) is 10.6. The van der Waals surface area contributed by atoms with Gasteiger partial charge in [-0.3, -0.25) is 14.6 Å². The molecule has 0 aliphatic heterocycles. The van der Waals surface area contributed by atoms with E-state index in [1.807, 2.05) is 17.1 Å². The summed E-state index contributed by atoms with van der Waals surface area (Å²) in [5, 5.41) is 3.81. The lowest BCUT2D eigenvalue weighted by molar-refractivity contribution is -0.120. The number of hydrogen-bond acceptors (Lipinski definition) is 5. The first-order valence-electron chi connectivity index (χ1n) is 6.36. The summed E-state index contributed by atoms with van der Waals surface area (Å²) in [6.07, 6.45) is 1.28. The molecule has 0 aliphatic rings. The Hall–Kier alpha value is -3.16. The van der Waals surface area contributed by atoms with E-state index in [2.05, 4.69) is 15.5 Å². The first kappa shape index (κ1) is 15.2. The normalized spacial score (nSPS) is 10.6. The van der Waals surface area contributed by atoms with Crippen LogP contribution in [0.15, 0.2) is 45.0 Å². The van der Waals surface area contributed by atoms with Gasteiger partial charge in [0, 0.05) is 17.3 Å². The molecule has 2 aromatic rings. The van der Waals surface area contributed by atoms with Crippen molar-refractivity contribution in [3.8, 4) is 5.75 Å².